The summed E-state index contributed by atoms with van der Waals surface area (Å²) in [5.41, 5.74) is 2.64. The molecule has 1 heterocycles. The Morgan fingerprint density at radius 1 is 1.20 bits per heavy atom. The van der Waals surface area contributed by atoms with E-state index in [1.165, 1.54) is 37.1 Å². The molecule has 1 aliphatic heterocycles. The molecule has 1 aromatic carbocycles. The highest BCUT2D eigenvalue weighted by molar-refractivity contribution is 5.45. The lowest BCUT2D eigenvalue weighted by Gasteiger charge is -2.20. The minimum atomic E-state index is 0.616. The highest BCUT2D eigenvalue weighted by Crippen LogP contribution is 2.34. The van der Waals surface area contributed by atoms with E-state index in [9.17, 15) is 0 Å². The average molecular weight is 273 g/mol. The van der Waals surface area contributed by atoms with E-state index < -0.39 is 0 Å². The van der Waals surface area contributed by atoms with Gasteiger partial charge in [-0.25, -0.2) is 0 Å². The van der Waals surface area contributed by atoms with Crippen LogP contribution in [0.1, 0.15) is 31.7 Å². The molecule has 1 N–H and O–H groups in total. The molecule has 0 spiro atoms. The third-order valence-corrected chi connectivity index (χ3v) is 4.46. The quantitative estimate of drug-likeness (QED) is 0.890. The van der Waals surface area contributed by atoms with Crippen LogP contribution >= 0.6 is 0 Å². The van der Waals surface area contributed by atoms with Gasteiger partial charge in [-0.15, -0.1) is 0 Å². The average Bonchev–Trinajstić information content (AvgIpc) is 3.16. The first-order valence-corrected chi connectivity index (χ1v) is 7.88. The van der Waals surface area contributed by atoms with Crippen LogP contribution in [0.5, 0.6) is 0 Å². The lowest BCUT2D eigenvalue weighted by atomic mass is 10.1. The molecule has 0 bridgehead atoms. The summed E-state index contributed by atoms with van der Waals surface area (Å²) in [6.07, 6.45) is 4.10. The van der Waals surface area contributed by atoms with Gasteiger partial charge in [-0.2, -0.15) is 0 Å². The van der Waals surface area contributed by atoms with Gasteiger partial charge in [0.05, 0.1) is 0 Å². The topological polar surface area (TPSA) is 18.5 Å². The molecule has 1 aromatic rings. The summed E-state index contributed by atoms with van der Waals surface area (Å²) in [4.78, 5) is 4.90. The fraction of sp³-hybridized carbons (Fsp3) is 0.647. The Kier molecular flexibility index (Phi) is 3.99. The van der Waals surface area contributed by atoms with E-state index in [1.807, 2.05) is 0 Å². The smallest absolute Gasteiger partial charge is 0.0403 e. The second-order valence-corrected chi connectivity index (χ2v) is 6.79. The third-order valence-electron chi connectivity index (χ3n) is 4.46. The van der Waals surface area contributed by atoms with Gasteiger partial charge in [-0.1, -0.05) is 12.1 Å². The van der Waals surface area contributed by atoms with Gasteiger partial charge >= 0.3 is 0 Å². The number of rotatable bonds is 5. The van der Waals surface area contributed by atoms with Crippen molar-refractivity contribution in [2.75, 3.05) is 26.0 Å². The summed E-state index contributed by atoms with van der Waals surface area (Å²) in [7, 11) is 4.22. The predicted octanol–water partition coefficient (Wildman–Crippen LogP) is 2.79. The first-order valence-electron chi connectivity index (χ1n) is 7.88. The molecule has 0 amide bonds. The fourth-order valence-electron chi connectivity index (χ4n) is 3.38. The van der Waals surface area contributed by atoms with Crippen molar-refractivity contribution >= 4 is 5.69 Å². The van der Waals surface area contributed by atoms with Crippen molar-refractivity contribution in [3.05, 3.63) is 29.8 Å². The molecule has 2 atom stereocenters. The van der Waals surface area contributed by atoms with E-state index >= 15 is 0 Å². The predicted molar refractivity (Wildman–Crippen MR) is 85.1 cm³/mol. The number of hydrogen-bond donors (Lipinski definition) is 1. The summed E-state index contributed by atoms with van der Waals surface area (Å²) >= 11 is 0. The Labute approximate surface area is 123 Å². The van der Waals surface area contributed by atoms with E-state index in [0.717, 1.165) is 18.6 Å². The van der Waals surface area contributed by atoms with Gasteiger partial charge in [0.15, 0.2) is 0 Å². The first kappa shape index (κ1) is 13.9. The monoisotopic (exact) mass is 273 g/mol. The minimum Gasteiger partial charge on any atom is -0.381 e. The van der Waals surface area contributed by atoms with Gasteiger partial charge < -0.3 is 10.2 Å². The summed E-state index contributed by atoms with van der Waals surface area (Å²) in [5.74, 6) is 0. The maximum Gasteiger partial charge on any atom is 0.0403 e. The summed E-state index contributed by atoms with van der Waals surface area (Å²) in [5, 5.41) is 3.71. The normalized spacial score (nSPS) is 27.2. The maximum atomic E-state index is 3.71. The Morgan fingerprint density at radius 3 is 2.50 bits per heavy atom. The summed E-state index contributed by atoms with van der Waals surface area (Å²) in [6.45, 7) is 4.60. The number of likely N-dealkylation sites (tertiary alicyclic amines) is 1. The Balaban J connectivity index is 1.55. The number of nitrogens with zero attached hydrogens (tertiary/aromatic N) is 2. The van der Waals surface area contributed by atoms with E-state index in [4.69, 9.17) is 0 Å². The maximum absolute atomic E-state index is 3.71. The van der Waals surface area contributed by atoms with Crippen LogP contribution in [0, 0.1) is 0 Å². The molecule has 20 heavy (non-hydrogen) atoms. The van der Waals surface area contributed by atoms with Crippen molar-refractivity contribution < 1.29 is 0 Å². The zero-order valence-electron chi connectivity index (χ0n) is 13.0. The Bertz CT molecular complexity index is 436. The largest absolute Gasteiger partial charge is 0.381 e. The molecule has 1 saturated carbocycles. The van der Waals surface area contributed by atoms with Crippen molar-refractivity contribution in [1.82, 2.24) is 9.80 Å². The number of nitrogens with one attached hydrogen (secondary N) is 1. The van der Waals surface area contributed by atoms with E-state index in [2.05, 4.69) is 60.4 Å². The molecule has 0 aromatic heterocycles. The van der Waals surface area contributed by atoms with Crippen LogP contribution in [0.25, 0.3) is 0 Å². The molecular formula is C17H27N3. The zero-order valence-corrected chi connectivity index (χ0v) is 13.0. The summed E-state index contributed by atoms with van der Waals surface area (Å²) in [6, 6.07) is 11.2. The van der Waals surface area contributed by atoms with Crippen LogP contribution in [-0.2, 0) is 6.54 Å². The SMILES string of the molecule is CC1CC(Nc2ccc(CN(C)C)cc2)CN1C1CC1. The van der Waals surface area contributed by atoms with Gasteiger partial charge in [0.2, 0.25) is 0 Å². The van der Waals surface area contributed by atoms with Gasteiger partial charge in [0, 0.05) is 36.9 Å². The number of hydrogen-bond acceptors (Lipinski definition) is 3. The molecule has 3 rings (SSSR count). The van der Waals surface area contributed by atoms with Crippen molar-refractivity contribution in [3.8, 4) is 0 Å². The van der Waals surface area contributed by atoms with Crippen molar-refractivity contribution in [1.29, 1.82) is 0 Å². The van der Waals surface area contributed by atoms with Crippen LogP contribution in [0.15, 0.2) is 24.3 Å². The lowest BCUT2D eigenvalue weighted by molar-refractivity contribution is 0.257. The minimum absolute atomic E-state index is 0.616. The Hall–Kier alpha value is -1.06. The molecular weight excluding hydrogens is 246 g/mol. The highest BCUT2D eigenvalue weighted by Gasteiger charge is 2.38. The second-order valence-electron chi connectivity index (χ2n) is 6.79. The van der Waals surface area contributed by atoms with Crippen molar-refractivity contribution in [2.24, 2.45) is 0 Å². The van der Waals surface area contributed by atoms with Crippen LogP contribution in [0.4, 0.5) is 5.69 Å². The molecule has 1 aliphatic carbocycles. The van der Waals surface area contributed by atoms with Crippen molar-refractivity contribution in [2.45, 2.75) is 50.9 Å². The molecule has 2 unspecified atom stereocenters. The standard InChI is InChI=1S/C17H27N3/c1-13-10-16(12-20(13)17-8-9-17)18-15-6-4-14(5-7-15)11-19(2)3/h4-7,13,16-18H,8-12H2,1-3H3. The number of benzene rings is 1. The van der Waals surface area contributed by atoms with Crippen LogP contribution < -0.4 is 5.32 Å². The van der Waals surface area contributed by atoms with E-state index in [0.29, 0.717) is 6.04 Å². The Morgan fingerprint density at radius 2 is 1.90 bits per heavy atom. The zero-order chi connectivity index (χ0) is 14.1. The highest BCUT2D eigenvalue weighted by atomic mass is 15.3. The van der Waals surface area contributed by atoms with Crippen LogP contribution in [0.2, 0.25) is 0 Å². The van der Waals surface area contributed by atoms with Crippen molar-refractivity contribution in [3.63, 3.8) is 0 Å². The van der Waals surface area contributed by atoms with E-state index in [1.54, 1.807) is 0 Å². The third kappa shape index (κ3) is 3.33. The van der Waals surface area contributed by atoms with Crippen LogP contribution in [-0.4, -0.2) is 48.6 Å². The van der Waals surface area contributed by atoms with Gasteiger partial charge in [0.25, 0.3) is 0 Å². The van der Waals surface area contributed by atoms with Gasteiger partial charge in [-0.3, -0.25) is 4.90 Å². The summed E-state index contributed by atoms with van der Waals surface area (Å²) < 4.78 is 0. The lowest BCUT2D eigenvalue weighted by Crippen LogP contribution is -2.31. The molecule has 2 fully saturated rings. The molecule has 110 valence electrons. The number of anilines is 1. The van der Waals surface area contributed by atoms with E-state index in [-0.39, 0.29) is 0 Å². The molecule has 3 heteroatoms. The molecule has 3 nitrogen and oxygen atoms in total. The molecule has 2 aliphatic rings. The van der Waals surface area contributed by atoms with Crippen LogP contribution in [0.3, 0.4) is 0 Å². The molecule has 0 radical (unpaired) electrons. The fourth-order valence-corrected chi connectivity index (χ4v) is 3.38. The second kappa shape index (κ2) is 5.74. The van der Waals surface area contributed by atoms with Gasteiger partial charge in [-0.05, 0) is 58.0 Å². The molecule has 1 saturated heterocycles. The first-order chi connectivity index (χ1) is 9.61. The van der Waals surface area contributed by atoms with Gasteiger partial charge in [0.1, 0.15) is 0 Å².